The van der Waals surface area contributed by atoms with Crippen LogP contribution in [0.5, 0.6) is 0 Å². The Hall–Kier alpha value is -0.700. The van der Waals surface area contributed by atoms with Crippen molar-refractivity contribution in [1.29, 1.82) is 0 Å². The molecule has 0 aromatic heterocycles. The van der Waals surface area contributed by atoms with E-state index < -0.39 is 0 Å². The number of Topliss-reactive ketones (excluding diaryl/α,β-unsaturated/α-hetero) is 1. The second-order valence-corrected chi connectivity index (χ2v) is 6.83. The Labute approximate surface area is 117 Å². The van der Waals surface area contributed by atoms with Crippen LogP contribution in [-0.4, -0.2) is 37.7 Å². The van der Waals surface area contributed by atoms with Gasteiger partial charge in [0.05, 0.1) is 32.1 Å². The number of ketones is 1. The predicted molar refractivity (Wildman–Crippen MR) is 78.8 cm³/mol. The van der Waals surface area contributed by atoms with Crippen LogP contribution in [0.4, 0.5) is 0 Å². The van der Waals surface area contributed by atoms with E-state index in [1.165, 1.54) is 0 Å². The molecule has 0 bridgehead atoms. The fraction of sp³-hybridized carbons (Fsp3) is 0.875. The van der Waals surface area contributed by atoms with Crippen molar-refractivity contribution in [2.75, 3.05) is 26.2 Å². The molecule has 0 radical (unpaired) electrons. The van der Waals surface area contributed by atoms with Gasteiger partial charge in [-0.3, -0.25) is 9.79 Å². The zero-order valence-corrected chi connectivity index (χ0v) is 13.1. The maximum absolute atomic E-state index is 12.1. The summed E-state index contributed by atoms with van der Waals surface area (Å²) in [6, 6.07) is 0. The maximum Gasteiger partial charge on any atom is 0.142 e. The number of nitrogens with zero attached hydrogens (tertiary/aromatic N) is 1. The van der Waals surface area contributed by atoms with E-state index in [1.54, 1.807) is 4.90 Å². The smallest absolute Gasteiger partial charge is 0.142 e. The lowest BCUT2D eigenvalue weighted by Crippen LogP contribution is -3.11. The SMILES string of the molecule is CC[NH+](CC)CCN=C(C)C1C(=O)C[C@@H]2[C@H]1C2(C)C. The van der Waals surface area contributed by atoms with Crippen LogP contribution < -0.4 is 4.90 Å². The van der Waals surface area contributed by atoms with Crippen LogP contribution >= 0.6 is 0 Å². The van der Waals surface area contributed by atoms with Crippen LogP contribution in [0, 0.1) is 23.2 Å². The summed E-state index contributed by atoms with van der Waals surface area (Å²) < 4.78 is 0. The van der Waals surface area contributed by atoms with Gasteiger partial charge in [-0.05, 0) is 38.0 Å². The molecule has 2 saturated carbocycles. The molecule has 0 amide bonds. The first-order chi connectivity index (χ1) is 8.93. The standard InChI is InChI=1S/C16H28N2O/c1-6-18(7-2)9-8-17-11(3)14-13(19)10-12-15(14)16(12,4)5/h12,14-15H,6-10H2,1-5H3/p+1/t12-,14?,15-/m1/s1. The fourth-order valence-electron chi connectivity index (χ4n) is 3.97. The molecule has 2 fully saturated rings. The highest BCUT2D eigenvalue weighted by Gasteiger charge is 2.67. The van der Waals surface area contributed by atoms with Crippen molar-refractivity contribution in [2.45, 2.75) is 41.0 Å². The predicted octanol–water partition coefficient (Wildman–Crippen LogP) is 1.23. The van der Waals surface area contributed by atoms with Gasteiger partial charge in [0.15, 0.2) is 0 Å². The third-order valence-electron chi connectivity index (χ3n) is 5.54. The fourth-order valence-corrected chi connectivity index (χ4v) is 3.97. The zero-order valence-electron chi connectivity index (χ0n) is 13.1. The minimum absolute atomic E-state index is 0.131. The summed E-state index contributed by atoms with van der Waals surface area (Å²) in [5.41, 5.74) is 1.47. The van der Waals surface area contributed by atoms with E-state index in [0.717, 1.165) is 38.3 Å². The topological polar surface area (TPSA) is 33.9 Å². The highest BCUT2D eigenvalue weighted by molar-refractivity contribution is 6.07. The number of hydrogen-bond donors (Lipinski definition) is 1. The summed E-state index contributed by atoms with van der Waals surface area (Å²) in [4.78, 5) is 18.4. The normalized spacial score (nSPS) is 32.8. The Morgan fingerprint density at radius 1 is 1.37 bits per heavy atom. The third kappa shape index (κ3) is 2.62. The summed E-state index contributed by atoms with van der Waals surface area (Å²) in [5, 5.41) is 0. The van der Waals surface area contributed by atoms with Gasteiger partial charge in [0.2, 0.25) is 0 Å². The number of hydrogen-bond acceptors (Lipinski definition) is 2. The van der Waals surface area contributed by atoms with Crippen LogP contribution in [0.15, 0.2) is 4.99 Å². The number of rotatable bonds is 6. The molecule has 2 rings (SSSR count). The third-order valence-corrected chi connectivity index (χ3v) is 5.54. The molecule has 0 saturated heterocycles. The lowest BCUT2D eigenvalue weighted by molar-refractivity contribution is -0.894. The zero-order chi connectivity index (χ0) is 14.2. The molecule has 1 N–H and O–H groups in total. The van der Waals surface area contributed by atoms with Crippen LogP contribution in [0.25, 0.3) is 0 Å². The van der Waals surface area contributed by atoms with Crippen LogP contribution in [0.1, 0.15) is 41.0 Å². The van der Waals surface area contributed by atoms with Gasteiger partial charge in [-0.15, -0.1) is 0 Å². The average molecular weight is 265 g/mol. The molecule has 0 aromatic rings. The largest absolute Gasteiger partial charge is 0.334 e. The lowest BCUT2D eigenvalue weighted by atomic mass is 9.89. The summed E-state index contributed by atoms with van der Waals surface area (Å²) in [6.07, 6.45) is 0.788. The molecular formula is C16H29N2O+. The maximum atomic E-state index is 12.1. The molecular weight excluding hydrogens is 236 g/mol. The number of fused-ring (bicyclic) bond motifs is 1. The van der Waals surface area contributed by atoms with Crippen molar-refractivity contribution in [3.63, 3.8) is 0 Å². The summed E-state index contributed by atoms with van der Waals surface area (Å²) in [6.45, 7) is 15.4. The molecule has 19 heavy (non-hydrogen) atoms. The highest BCUT2D eigenvalue weighted by Crippen LogP contribution is 2.68. The Kier molecular flexibility index (Phi) is 4.14. The summed E-state index contributed by atoms with van der Waals surface area (Å²) in [7, 11) is 0. The number of carbonyl (C=O) groups is 1. The number of carbonyl (C=O) groups excluding carboxylic acids is 1. The average Bonchev–Trinajstić information content (AvgIpc) is 2.74. The minimum atomic E-state index is 0.131. The molecule has 0 aliphatic heterocycles. The van der Waals surface area contributed by atoms with Crippen molar-refractivity contribution in [2.24, 2.45) is 28.2 Å². The van der Waals surface area contributed by atoms with E-state index in [0.29, 0.717) is 23.0 Å². The van der Waals surface area contributed by atoms with Crippen molar-refractivity contribution < 1.29 is 9.69 Å². The Morgan fingerprint density at radius 2 is 2.00 bits per heavy atom. The van der Waals surface area contributed by atoms with Crippen LogP contribution in [0.2, 0.25) is 0 Å². The van der Waals surface area contributed by atoms with E-state index >= 15 is 0 Å². The first kappa shape index (κ1) is 14.7. The van der Waals surface area contributed by atoms with E-state index in [-0.39, 0.29) is 5.92 Å². The van der Waals surface area contributed by atoms with Crippen molar-refractivity contribution >= 4 is 11.5 Å². The first-order valence-electron chi connectivity index (χ1n) is 7.80. The van der Waals surface area contributed by atoms with E-state index in [9.17, 15) is 4.79 Å². The quantitative estimate of drug-likeness (QED) is 0.720. The highest BCUT2D eigenvalue weighted by atomic mass is 16.1. The van der Waals surface area contributed by atoms with E-state index in [1.807, 2.05) is 0 Å². The number of nitrogens with one attached hydrogen (secondary N) is 1. The van der Waals surface area contributed by atoms with Crippen molar-refractivity contribution in [1.82, 2.24) is 0 Å². The second-order valence-electron chi connectivity index (χ2n) is 6.83. The molecule has 0 spiro atoms. The van der Waals surface area contributed by atoms with Crippen molar-refractivity contribution in [3.05, 3.63) is 0 Å². The van der Waals surface area contributed by atoms with Gasteiger partial charge in [0.25, 0.3) is 0 Å². The van der Waals surface area contributed by atoms with Gasteiger partial charge in [-0.1, -0.05) is 13.8 Å². The molecule has 0 aromatic carbocycles. The van der Waals surface area contributed by atoms with Gasteiger partial charge in [-0.25, -0.2) is 0 Å². The molecule has 2 aliphatic carbocycles. The van der Waals surface area contributed by atoms with Crippen LogP contribution in [-0.2, 0) is 4.79 Å². The first-order valence-corrected chi connectivity index (χ1v) is 7.80. The Bertz CT molecular complexity index is 382. The van der Waals surface area contributed by atoms with Gasteiger partial charge in [-0.2, -0.15) is 0 Å². The molecule has 3 heteroatoms. The Morgan fingerprint density at radius 3 is 2.53 bits per heavy atom. The van der Waals surface area contributed by atoms with Gasteiger partial charge in [0, 0.05) is 12.1 Å². The number of likely N-dealkylation sites (N-methyl/N-ethyl adjacent to an activating group) is 1. The van der Waals surface area contributed by atoms with Gasteiger partial charge < -0.3 is 4.90 Å². The van der Waals surface area contributed by atoms with E-state index in [2.05, 4.69) is 34.6 Å². The Balaban J connectivity index is 1.92. The molecule has 108 valence electrons. The van der Waals surface area contributed by atoms with Crippen LogP contribution in [0.3, 0.4) is 0 Å². The molecule has 0 heterocycles. The number of aliphatic imine (C=N–C) groups is 1. The molecule has 3 nitrogen and oxygen atoms in total. The number of quaternary nitrogens is 1. The summed E-state index contributed by atoms with van der Waals surface area (Å²) in [5.74, 6) is 1.77. The molecule has 1 unspecified atom stereocenters. The monoisotopic (exact) mass is 265 g/mol. The van der Waals surface area contributed by atoms with E-state index in [4.69, 9.17) is 4.99 Å². The lowest BCUT2D eigenvalue weighted by Gasteiger charge is -2.17. The molecule has 3 atom stereocenters. The summed E-state index contributed by atoms with van der Waals surface area (Å²) >= 11 is 0. The molecule has 2 aliphatic rings. The van der Waals surface area contributed by atoms with Gasteiger partial charge in [0.1, 0.15) is 5.78 Å². The van der Waals surface area contributed by atoms with Crippen molar-refractivity contribution in [3.8, 4) is 0 Å². The second kappa shape index (κ2) is 5.35. The minimum Gasteiger partial charge on any atom is -0.334 e. The van der Waals surface area contributed by atoms with Gasteiger partial charge >= 0.3 is 0 Å².